The van der Waals surface area contributed by atoms with E-state index in [4.69, 9.17) is 12.2 Å². The highest BCUT2D eigenvalue weighted by molar-refractivity contribution is 7.71. The van der Waals surface area contributed by atoms with Crippen molar-refractivity contribution < 1.29 is 4.79 Å². The summed E-state index contributed by atoms with van der Waals surface area (Å²) in [7, 11) is 0. The number of carbonyl (C=O) groups is 1. The Morgan fingerprint density at radius 1 is 1.17 bits per heavy atom. The summed E-state index contributed by atoms with van der Waals surface area (Å²) in [6.07, 6.45) is 6.09. The fraction of sp³-hybridized carbons (Fsp3) is 0.476. The molecule has 3 rings (SSSR count). The van der Waals surface area contributed by atoms with Crippen LogP contribution in [0.25, 0.3) is 12.2 Å². The molecule has 1 fully saturated rings. The predicted molar refractivity (Wildman–Crippen MR) is 119 cm³/mol. The Balaban J connectivity index is 1.46. The number of amides is 1. The molecule has 1 aliphatic heterocycles. The number of nitrogens with one attached hydrogen (secondary N) is 2. The number of hydrogen-bond donors (Lipinski definition) is 2. The van der Waals surface area contributed by atoms with Gasteiger partial charge in [-0.25, -0.2) is 4.68 Å². The van der Waals surface area contributed by atoms with Crippen LogP contribution in [0.15, 0.2) is 30.3 Å². The molecule has 1 aliphatic rings. The van der Waals surface area contributed by atoms with Gasteiger partial charge in [0.25, 0.3) is 0 Å². The zero-order valence-electron chi connectivity index (χ0n) is 17.0. The molecule has 1 aromatic heterocycles. The Kier molecular flexibility index (Phi) is 8.15. The Hall–Kier alpha value is -2.29. The van der Waals surface area contributed by atoms with Crippen LogP contribution in [-0.4, -0.2) is 69.7 Å². The van der Waals surface area contributed by atoms with Gasteiger partial charge in [-0.15, -0.1) is 0 Å². The Morgan fingerprint density at radius 2 is 1.90 bits per heavy atom. The predicted octanol–water partition coefficient (Wildman–Crippen LogP) is 2.60. The summed E-state index contributed by atoms with van der Waals surface area (Å²) in [4.78, 5) is 20.9. The first-order chi connectivity index (χ1) is 14.1. The van der Waals surface area contributed by atoms with Crippen LogP contribution in [0.3, 0.4) is 0 Å². The molecule has 0 saturated carbocycles. The molecule has 0 radical (unpaired) electrons. The zero-order valence-corrected chi connectivity index (χ0v) is 17.8. The van der Waals surface area contributed by atoms with E-state index in [1.54, 1.807) is 0 Å². The first kappa shape index (κ1) is 21.4. The van der Waals surface area contributed by atoms with Crippen LogP contribution in [0.1, 0.15) is 31.2 Å². The minimum absolute atomic E-state index is 0.123. The summed E-state index contributed by atoms with van der Waals surface area (Å²) in [5.74, 6) is 0.874. The number of nitrogens with zero attached hydrogens (tertiary/aromatic N) is 4. The van der Waals surface area contributed by atoms with Crippen molar-refractivity contribution >= 4 is 30.3 Å². The van der Waals surface area contributed by atoms with Crippen molar-refractivity contribution in [3.8, 4) is 0 Å². The second-order valence-electron chi connectivity index (χ2n) is 7.30. The summed E-state index contributed by atoms with van der Waals surface area (Å²) in [6, 6.07) is 10.1. The van der Waals surface area contributed by atoms with Crippen LogP contribution in [0, 0.1) is 4.77 Å². The Labute approximate surface area is 177 Å². The molecule has 1 aromatic carbocycles. The van der Waals surface area contributed by atoms with E-state index < -0.39 is 0 Å². The van der Waals surface area contributed by atoms with Crippen molar-refractivity contribution in [3.05, 3.63) is 46.5 Å². The van der Waals surface area contributed by atoms with Crippen molar-refractivity contribution in [2.24, 2.45) is 0 Å². The number of aromatic amines is 1. The van der Waals surface area contributed by atoms with Crippen molar-refractivity contribution in [2.75, 3.05) is 39.3 Å². The standard InChI is InChI=1S/C21H30N6OS/c1-2-3-11-22-20(28)16-25-12-14-26(15-13-25)17-27-21(29)23-19(24-27)10-9-18-7-5-4-6-8-18/h4-10H,2-3,11-17H2,1H3,(H,22,28)(H,23,24,29)/b10-9+. The lowest BCUT2D eigenvalue weighted by Gasteiger charge is -2.34. The molecule has 1 saturated heterocycles. The minimum Gasteiger partial charge on any atom is -0.355 e. The summed E-state index contributed by atoms with van der Waals surface area (Å²) < 4.78 is 2.45. The van der Waals surface area contributed by atoms with E-state index in [0.29, 0.717) is 18.0 Å². The molecule has 8 heteroatoms. The molecule has 0 aliphatic carbocycles. The van der Waals surface area contributed by atoms with Gasteiger partial charge in [0.15, 0.2) is 0 Å². The van der Waals surface area contributed by atoms with Crippen LogP contribution >= 0.6 is 12.2 Å². The third-order valence-electron chi connectivity index (χ3n) is 4.96. The topological polar surface area (TPSA) is 69.2 Å². The first-order valence-electron chi connectivity index (χ1n) is 10.3. The summed E-state index contributed by atoms with van der Waals surface area (Å²) in [5, 5.41) is 6.25. The van der Waals surface area contributed by atoms with Gasteiger partial charge in [0.1, 0.15) is 5.82 Å². The highest BCUT2D eigenvalue weighted by atomic mass is 32.1. The normalized spacial score (nSPS) is 15.8. The van der Waals surface area contributed by atoms with Crippen molar-refractivity contribution in [3.63, 3.8) is 0 Å². The lowest BCUT2D eigenvalue weighted by molar-refractivity contribution is -0.122. The van der Waals surface area contributed by atoms with Crippen LogP contribution in [0.4, 0.5) is 0 Å². The van der Waals surface area contributed by atoms with Crippen molar-refractivity contribution in [1.29, 1.82) is 0 Å². The van der Waals surface area contributed by atoms with Crippen molar-refractivity contribution in [1.82, 2.24) is 29.9 Å². The van der Waals surface area contributed by atoms with Crippen LogP contribution in [0.5, 0.6) is 0 Å². The summed E-state index contributed by atoms with van der Waals surface area (Å²) in [6.45, 7) is 7.62. The monoisotopic (exact) mass is 414 g/mol. The number of piperazine rings is 1. The lowest BCUT2D eigenvalue weighted by Crippen LogP contribution is -2.49. The van der Waals surface area contributed by atoms with Gasteiger partial charge < -0.3 is 5.32 Å². The van der Waals surface area contributed by atoms with Crippen molar-refractivity contribution in [2.45, 2.75) is 26.4 Å². The number of carbonyl (C=O) groups excluding carboxylic acids is 1. The molecule has 0 atom stereocenters. The molecule has 0 unspecified atom stereocenters. The second kappa shape index (κ2) is 11.0. The summed E-state index contributed by atoms with van der Waals surface area (Å²) in [5.41, 5.74) is 1.12. The maximum Gasteiger partial charge on any atom is 0.234 e. The van der Waals surface area contributed by atoms with Gasteiger partial charge in [-0.05, 0) is 30.3 Å². The minimum atomic E-state index is 0.123. The average molecular weight is 415 g/mol. The molecule has 29 heavy (non-hydrogen) atoms. The average Bonchev–Trinajstić information content (AvgIpc) is 3.08. The van der Waals surface area contributed by atoms with Gasteiger partial charge in [-0.2, -0.15) is 4.98 Å². The van der Waals surface area contributed by atoms with Crippen LogP contribution < -0.4 is 5.32 Å². The summed E-state index contributed by atoms with van der Waals surface area (Å²) >= 11 is 5.40. The molecular weight excluding hydrogens is 384 g/mol. The Morgan fingerprint density at radius 3 is 2.62 bits per heavy atom. The van der Waals surface area contributed by atoms with E-state index in [0.717, 1.165) is 57.0 Å². The zero-order chi connectivity index (χ0) is 20.5. The molecule has 1 amide bonds. The second-order valence-corrected chi connectivity index (χ2v) is 7.67. The van der Waals surface area contributed by atoms with E-state index in [-0.39, 0.29) is 5.91 Å². The van der Waals surface area contributed by atoms with Gasteiger partial charge in [-0.3, -0.25) is 19.7 Å². The number of unbranched alkanes of at least 4 members (excludes halogenated alkanes) is 1. The molecule has 2 N–H and O–H groups in total. The van der Waals surface area contributed by atoms with E-state index >= 15 is 0 Å². The maximum absolute atomic E-state index is 12.0. The highest BCUT2D eigenvalue weighted by Crippen LogP contribution is 2.07. The van der Waals surface area contributed by atoms with E-state index in [1.165, 1.54) is 0 Å². The van der Waals surface area contributed by atoms with Gasteiger partial charge >= 0.3 is 0 Å². The Bertz CT molecular complexity index is 852. The van der Waals surface area contributed by atoms with Crippen LogP contribution in [0.2, 0.25) is 0 Å². The third kappa shape index (κ3) is 6.92. The largest absolute Gasteiger partial charge is 0.355 e. The van der Waals surface area contributed by atoms with Gasteiger partial charge in [0, 0.05) is 32.7 Å². The SMILES string of the molecule is CCCCNC(=O)CN1CCN(Cn2[nH]c(/C=C/c3ccccc3)nc2=S)CC1. The number of rotatable bonds is 9. The number of hydrogen-bond acceptors (Lipinski definition) is 5. The number of aromatic nitrogens is 3. The number of H-pyrrole nitrogens is 1. The van der Waals surface area contributed by atoms with Gasteiger partial charge in [0.05, 0.1) is 13.2 Å². The molecule has 2 aromatic rings. The van der Waals surface area contributed by atoms with Gasteiger partial charge in [-0.1, -0.05) is 49.8 Å². The molecule has 2 heterocycles. The molecular formula is C21H30N6OS. The van der Waals surface area contributed by atoms with E-state index in [2.05, 4.69) is 32.1 Å². The maximum atomic E-state index is 12.0. The smallest absolute Gasteiger partial charge is 0.234 e. The first-order valence-corrected chi connectivity index (χ1v) is 10.7. The third-order valence-corrected chi connectivity index (χ3v) is 5.27. The molecule has 0 spiro atoms. The molecule has 156 valence electrons. The fourth-order valence-electron chi connectivity index (χ4n) is 3.24. The highest BCUT2D eigenvalue weighted by Gasteiger charge is 2.19. The molecule has 0 bridgehead atoms. The fourth-order valence-corrected chi connectivity index (χ4v) is 3.44. The molecule has 7 nitrogen and oxygen atoms in total. The lowest BCUT2D eigenvalue weighted by atomic mass is 10.2. The van der Waals surface area contributed by atoms with Crippen LogP contribution in [-0.2, 0) is 11.5 Å². The van der Waals surface area contributed by atoms with E-state index in [9.17, 15) is 4.79 Å². The van der Waals surface area contributed by atoms with Gasteiger partial charge in [0.2, 0.25) is 10.7 Å². The quantitative estimate of drug-likeness (QED) is 0.488. The number of benzene rings is 1. The van der Waals surface area contributed by atoms with E-state index in [1.807, 2.05) is 47.2 Å².